The summed E-state index contributed by atoms with van der Waals surface area (Å²) in [7, 11) is 1.63. The first-order valence-corrected chi connectivity index (χ1v) is 5.10. The lowest BCUT2D eigenvalue weighted by molar-refractivity contribution is 0.411. The van der Waals surface area contributed by atoms with Crippen LogP contribution in [-0.4, -0.2) is 13.0 Å². The fraction of sp³-hybridized carbons (Fsp3) is 0.200. The summed E-state index contributed by atoms with van der Waals surface area (Å²) in [5.74, 6) is 1.19. The molecule has 0 bridgehead atoms. The van der Waals surface area contributed by atoms with Crippen LogP contribution >= 0.6 is 27.5 Å². The van der Waals surface area contributed by atoms with E-state index in [-0.39, 0.29) is 0 Å². The number of rotatable bonds is 3. The monoisotopic (exact) mass is 260 g/mol. The Morgan fingerprint density at radius 2 is 2.31 bits per heavy atom. The zero-order valence-corrected chi connectivity index (χ0v) is 9.65. The molecular formula is C10H10BrClO. The number of hydrogen-bond acceptors (Lipinski definition) is 1. The summed E-state index contributed by atoms with van der Waals surface area (Å²) in [5, 5.41) is 0. The minimum absolute atomic E-state index is 0.410. The zero-order chi connectivity index (χ0) is 9.84. The number of hydrogen-bond donors (Lipinski definition) is 0. The average molecular weight is 262 g/mol. The highest BCUT2D eigenvalue weighted by Crippen LogP contribution is 2.32. The minimum atomic E-state index is 0.410. The normalized spacial score (nSPS) is 9.77. The van der Waals surface area contributed by atoms with Crippen molar-refractivity contribution in [2.45, 2.75) is 0 Å². The van der Waals surface area contributed by atoms with Gasteiger partial charge in [-0.2, -0.15) is 0 Å². The fourth-order valence-electron chi connectivity index (χ4n) is 1.07. The van der Waals surface area contributed by atoms with Crippen LogP contribution in [0.1, 0.15) is 5.56 Å². The minimum Gasteiger partial charge on any atom is -0.495 e. The molecule has 0 saturated heterocycles. The molecule has 0 aliphatic rings. The van der Waals surface area contributed by atoms with E-state index in [2.05, 4.69) is 22.5 Å². The van der Waals surface area contributed by atoms with Crippen LogP contribution in [0.3, 0.4) is 0 Å². The lowest BCUT2D eigenvalue weighted by atomic mass is 10.1. The van der Waals surface area contributed by atoms with Crippen molar-refractivity contribution in [2.75, 3.05) is 13.0 Å². The third-order valence-electron chi connectivity index (χ3n) is 1.71. The quantitative estimate of drug-likeness (QED) is 0.754. The number of para-hydroxylation sites is 1. The lowest BCUT2D eigenvalue weighted by Crippen LogP contribution is -1.92. The van der Waals surface area contributed by atoms with Crippen molar-refractivity contribution in [3.05, 3.63) is 34.8 Å². The molecule has 0 heterocycles. The van der Waals surface area contributed by atoms with Gasteiger partial charge in [-0.25, -0.2) is 0 Å². The predicted octanol–water partition coefficient (Wildman–Crippen LogP) is 3.71. The molecule has 0 atom stereocenters. The number of benzene rings is 1. The smallest absolute Gasteiger partial charge is 0.140 e. The van der Waals surface area contributed by atoms with Gasteiger partial charge in [0.1, 0.15) is 5.75 Å². The lowest BCUT2D eigenvalue weighted by Gasteiger charge is -2.10. The van der Waals surface area contributed by atoms with Gasteiger partial charge in [0.15, 0.2) is 0 Å². The van der Waals surface area contributed by atoms with Gasteiger partial charge in [-0.15, -0.1) is 11.6 Å². The highest BCUT2D eigenvalue weighted by Gasteiger charge is 2.08. The molecule has 0 fully saturated rings. The summed E-state index contributed by atoms with van der Waals surface area (Å²) in [6, 6.07) is 5.79. The Labute approximate surface area is 91.5 Å². The van der Waals surface area contributed by atoms with Gasteiger partial charge in [0.05, 0.1) is 11.6 Å². The Bertz CT molecular complexity index is 323. The Morgan fingerprint density at radius 3 is 2.85 bits per heavy atom. The van der Waals surface area contributed by atoms with E-state index in [9.17, 15) is 0 Å². The summed E-state index contributed by atoms with van der Waals surface area (Å²) >= 11 is 9.09. The summed E-state index contributed by atoms with van der Waals surface area (Å²) in [4.78, 5) is 0. The maximum absolute atomic E-state index is 5.70. The Morgan fingerprint density at radius 1 is 1.62 bits per heavy atom. The fourth-order valence-corrected chi connectivity index (χ4v) is 1.74. The Hall–Kier alpha value is -0.470. The maximum atomic E-state index is 5.70. The van der Waals surface area contributed by atoms with Gasteiger partial charge in [-0.1, -0.05) is 18.7 Å². The van der Waals surface area contributed by atoms with Gasteiger partial charge in [0.2, 0.25) is 0 Å². The van der Waals surface area contributed by atoms with Gasteiger partial charge in [0, 0.05) is 11.4 Å². The second-order valence-corrected chi connectivity index (χ2v) is 3.68. The van der Waals surface area contributed by atoms with E-state index in [0.29, 0.717) is 5.88 Å². The molecule has 1 rings (SSSR count). The zero-order valence-electron chi connectivity index (χ0n) is 7.31. The first-order chi connectivity index (χ1) is 6.20. The number of halogens is 2. The number of ether oxygens (including phenoxy) is 1. The summed E-state index contributed by atoms with van der Waals surface area (Å²) in [5.41, 5.74) is 1.81. The Kier molecular flexibility index (Phi) is 3.82. The average Bonchev–Trinajstić information content (AvgIpc) is 2.16. The first kappa shape index (κ1) is 10.6. The molecule has 0 aliphatic heterocycles. The van der Waals surface area contributed by atoms with Crippen LogP contribution in [-0.2, 0) is 0 Å². The molecule has 0 aliphatic carbocycles. The van der Waals surface area contributed by atoms with Crippen LogP contribution in [0.15, 0.2) is 29.3 Å². The third-order valence-corrected chi connectivity index (χ3v) is 2.66. The van der Waals surface area contributed by atoms with Crippen molar-refractivity contribution >= 4 is 33.1 Å². The molecular weight excluding hydrogens is 251 g/mol. The molecule has 13 heavy (non-hydrogen) atoms. The van der Waals surface area contributed by atoms with Gasteiger partial charge in [0.25, 0.3) is 0 Å². The largest absolute Gasteiger partial charge is 0.495 e. The Balaban J connectivity index is 3.20. The third kappa shape index (κ3) is 2.26. The second kappa shape index (κ2) is 4.68. The number of alkyl halides is 1. The molecule has 3 heteroatoms. The van der Waals surface area contributed by atoms with Crippen LogP contribution in [0.2, 0.25) is 0 Å². The SMILES string of the molecule is C=C(CCl)c1cccc(Br)c1OC. The van der Waals surface area contributed by atoms with Crippen LogP contribution < -0.4 is 4.74 Å². The van der Waals surface area contributed by atoms with E-state index >= 15 is 0 Å². The van der Waals surface area contributed by atoms with E-state index in [1.165, 1.54) is 0 Å². The van der Waals surface area contributed by atoms with E-state index in [1.807, 2.05) is 18.2 Å². The number of methoxy groups -OCH3 is 1. The van der Waals surface area contributed by atoms with E-state index in [4.69, 9.17) is 16.3 Å². The van der Waals surface area contributed by atoms with Gasteiger partial charge < -0.3 is 4.74 Å². The molecule has 0 spiro atoms. The number of allylic oxidation sites excluding steroid dienone is 1. The van der Waals surface area contributed by atoms with Crippen molar-refractivity contribution in [1.82, 2.24) is 0 Å². The van der Waals surface area contributed by atoms with Crippen molar-refractivity contribution in [3.63, 3.8) is 0 Å². The van der Waals surface area contributed by atoms with Crippen molar-refractivity contribution in [2.24, 2.45) is 0 Å². The van der Waals surface area contributed by atoms with Gasteiger partial charge in [-0.3, -0.25) is 0 Å². The molecule has 1 aromatic rings. The highest BCUT2D eigenvalue weighted by molar-refractivity contribution is 9.10. The summed E-state index contributed by atoms with van der Waals surface area (Å²) in [6.07, 6.45) is 0. The molecule has 0 aromatic heterocycles. The van der Waals surface area contributed by atoms with Gasteiger partial charge >= 0.3 is 0 Å². The maximum Gasteiger partial charge on any atom is 0.140 e. The molecule has 1 aromatic carbocycles. The molecule has 0 N–H and O–H groups in total. The second-order valence-electron chi connectivity index (χ2n) is 2.56. The first-order valence-electron chi connectivity index (χ1n) is 3.77. The molecule has 0 unspecified atom stereocenters. The molecule has 0 saturated carbocycles. The van der Waals surface area contributed by atoms with Crippen molar-refractivity contribution in [3.8, 4) is 5.75 Å². The standard InChI is InChI=1S/C10H10BrClO/c1-7(6-12)8-4-3-5-9(11)10(8)13-2/h3-5H,1,6H2,2H3. The van der Waals surface area contributed by atoms with Crippen molar-refractivity contribution in [1.29, 1.82) is 0 Å². The predicted molar refractivity (Wildman–Crippen MR) is 60.4 cm³/mol. The van der Waals surface area contributed by atoms with Crippen molar-refractivity contribution < 1.29 is 4.74 Å². The van der Waals surface area contributed by atoms with Crippen LogP contribution in [0.25, 0.3) is 5.57 Å². The van der Waals surface area contributed by atoms with Crippen LogP contribution in [0.5, 0.6) is 5.75 Å². The van der Waals surface area contributed by atoms with E-state index < -0.39 is 0 Å². The van der Waals surface area contributed by atoms with Crippen LogP contribution in [0, 0.1) is 0 Å². The summed E-state index contributed by atoms with van der Waals surface area (Å²) < 4.78 is 6.15. The van der Waals surface area contributed by atoms with Gasteiger partial charge in [-0.05, 0) is 27.6 Å². The summed E-state index contributed by atoms with van der Waals surface area (Å²) in [6.45, 7) is 3.86. The highest BCUT2D eigenvalue weighted by atomic mass is 79.9. The molecule has 0 amide bonds. The molecule has 0 radical (unpaired) electrons. The molecule has 1 nitrogen and oxygen atoms in total. The van der Waals surface area contributed by atoms with Crippen LogP contribution in [0.4, 0.5) is 0 Å². The topological polar surface area (TPSA) is 9.23 Å². The molecule has 70 valence electrons. The van der Waals surface area contributed by atoms with E-state index in [0.717, 1.165) is 21.4 Å². The van der Waals surface area contributed by atoms with E-state index in [1.54, 1.807) is 7.11 Å².